The first kappa shape index (κ1) is 17.1. The van der Waals surface area contributed by atoms with E-state index in [9.17, 15) is 0 Å². The normalized spacial score (nSPS) is 12.2. The van der Waals surface area contributed by atoms with E-state index in [1.165, 1.54) is 16.7 Å². The van der Waals surface area contributed by atoms with Gasteiger partial charge < -0.3 is 5.32 Å². The Kier molecular flexibility index (Phi) is 4.83. The summed E-state index contributed by atoms with van der Waals surface area (Å²) in [6.45, 7) is 10.4. The number of benzene rings is 1. The Labute approximate surface area is 149 Å². The highest BCUT2D eigenvalue weighted by atomic mass is 15.3. The minimum absolute atomic E-state index is 0.256. The number of nitrogens with zero attached hydrogens (tertiary/aromatic N) is 4. The Bertz CT molecular complexity index is 882. The Morgan fingerprint density at radius 2 is 1.88 bits per heavy atom. The van der Waals surface area contributed by atoms with Crippen molar-refractivity contribution >= 4 is 5.82 Å². The number of anilines is 1. The predicted octanol–water partition coefficient (Wildman–Crippen LogP) is 3.94. The molecule has 0 aliphatic carbocycles. The third-order valence-electron chi connectivity index (χ3n) is 4.27. The van der Waals surface area contributed by atoms with E-state index in [4.69, 9.17) is 0 Å². The molecule has 0 spiro atoms. The van der Waals surface area contributed by atoms with Gasteiger partial charge in [0.15, 0.2) is 5.82 Å². The molecule has 0 saturated heterocycles. The molecule has 0 amide bonds. The molecule has 0 unspecified atom stereocenters. The van der Waals surface area contributed by atoms with E-state index in [-0.39, 0.29) is 6.04 Å². The summed E-state index contributed by atoms with van der Waals surface area (Å²) in [4.78, 5) is 8.98. The van der Waals surface area contributed by atoms with Gasteiger partial charge in [-0.05, 0) is 58.2 Å². The van der Waals surface area contributed by atoms with Gasteiger partial charge in [-0.15, -0.1) is 0 Å². The Hall–Kier alpha value is -2.69. The van der Waals surface area contributed by atoms with E-state index in [0.29, 0.717) is 0 Å². The number of hydrogen-bond acceptors (Lipinski definition) is 4. The number of nitrogens with one attached hydrogen (secondary N) is 1. The summed E-state index contributed by atoms with van der Waals surface area (Å²) >= 11 is 0. The van der Waals surface area contributed by atoms with Crippen molar-refractivity contribution in [2.45, 2.75) is 47.1 Å². The minimum Gasteiger partial charge on any atom is -0.366 e. The van der Waals surface area contributed by atoms with E-state index in [0.717, 1.165) is 29.4 Å². The largest absolute Gasteiger partial charge is 0.366 e. The fraction of sp³-hybridized carbons (Fsp3) is 0.350. The Morgan fingerprint density at radius 3 is 2.56 bits per heavy atom. The summed E-state index contributed by atoms with van der Waals surface area (Å²) in [6.07, 6.45) is 4.44. The Morgan fingerprint density at radius 1 is 1.08 bits per heavy atom. The van der Waals surface area contributed by atoms with Gasteiger partial charge in [0.2, 0.25) is 0 Å². The summed E-state index contributed by atoms with van der Waals surface area (Å²) in [5, 5.41) is 7.93. The molecule has 0 bridgehead atoms. The van der Waals surface area contributed by atoms with Crippen LogP contribution < -0.4 is 5.32 Å². The molecule has 0 aliphatic heterocycles. The van der Waals surface area contributed by atoms with Crippen molar-refractivity contribution in [2.75, 3.05) is 5.32 Å². The first-order chi connectivity index (χ1) is 11.9. The van der Waals surface area contributed by atoms with E-state index in [2.05, 4.69) is 59.4 Å². The van der Waals surface area contributed by atoms with Gasteiger partial charge in [-0.3, -0.25) is 4.98 Å². The van der Waals surface area contributed by atoms with Crippen molar-refractivity contribution in [3.63, 3.8) is 0 Å². The molecular weight excluding hydrogens is 310 g/mol. The standard InChI is InChI=1S/C20H25N5/c1-13-6-7-18(14(2)8-13)10-15(3)22-19-11-21-12-20(23-19)25-17(5)9-16(4)24-25/h6-9,11-12,15H,10H2,1-5H3,(H,22,23)/t15-/m0/s1. The summed E-state index contributed by atoms with van der Waals surface area (Å²) in [5.41, 5.74) is 6.00. The highest BCUT2D eigenvalue weighted by molar-refractivity contribution is 5.39. The van der Waals surface area contributed by atoms with Gasteiger partial charge in [0, 0.05) is 11.7 Å². The van der Waals surface area contributed by atoms with Crippen LogP contribution in [0.4, 0.5) is 5.82 Å². The molecule has 1 atom stereocenters. The molecule has 1 aromatic carbocycles. The number of rotatable bonds is 5. The summed E-state index contributed by atoms with van der Waals surface area (Å²) in [7, 11) is 0. The van der Waals surface area contributed by atoms with E-state index >= 15 is 0 Å². The maximum absolute atomic E-state index is 4.66. The maximum Gasteiger partial charge on any atom is 0.174 e. The van der Waals surface area contributed by atoms with Crippen LogP contribution in [0.15, 0.2) is 36.7 Å². The fourth-order valence-corrected chi connectivity index (χ4v) is 3.10. The molecule has 5 nitrogen and oxygen atoms in total. The molecule has 3 rings (SSSR count). The molecule has 25 heavy (non-hydrogen) atoms. The second kappa shape index (κ2) is 7.05. The second-order valence-corrected chi connectivity index (χ2v) is 6.78. The monoisotopic (exact) mass is 335 g/mol. The minimum atomic E-state index is 0.256. The van der Waals surface area contributed by atoms with Crippen molar-refractivity contribution in [3.05, 3.63) is 64.7 Å². The van der Waals surface area contributed by atoms with Crippen LogP contribution in [0.2, 0.25) is 0 Å². The molecule has 130 valence electrons. The summed E-state index contributed by atoms with van der Waals surface area (Å²) in [6, 6.07) is 8.89. The first-order valence-corrected chi connectivity index (χ1v) is 8.60. The molecule has 0 aliphatic rings. The van der Waals surface area contributed by atoms with Crippen LogP contribution in [-0.2, 0) is 6.42 Å². The van der Waals surface area contributed by atoms with Gasteiger partial charge in [-0.2, -0.15) is 5.10 Å². The molecule has 2 heterocycles. The van der Waals surface area contributed by atoms with E-state index in [1.54, 1.807) is 12.4 Å². The first-order valence-electron chi connectivity index (χ1n) is 8.60. The smallest absolute Gasteiger partial charge is 0.174 e. The quantitative estimate of drug-likeness (QED) is 0.767. The highest BCUT2D eigenvalue weighted by Gasteiger charge is 2.10. The number of aryl methyl sites for hydroxylation is 4. The summed E-state index contributed by atoms with van der Waals surface area (Å²) in [5.74, 6) is 1.50. The lowest BCUT2D eigenvalue weighted by atomic mass is 10.00. The fourth-order valence-electron chi connectivity index (χ4n) is 3.10. The SMILES string of the molecule is Cc1ccc(C[C@H](C)Nc2cncc(-n3nc(C)cc3C)n2)c(C)c1. The van der Waals surface area contributed by atoms with E-state index < -0.39 is 0 Å². The zero-order chi connectivity index (χ0) is 18.0. The van der Waals surface area contributed by atoms with Crippen LogP contribution in [0.1, 0.15) is 35.0 Å². The molecule has 1 N–H and O–H groups in total. The lowest BCUT2D eigenvalue weighted by molar-refractivity contribution is 0.766. The van der Waals surface area contributed by atoms with Crippen LogP contribution in [0.5, 0.6) is 0 Å². The second-order valence-electron chi connectivity index (χ2n) is 6.78. The van der Waals surface area contributed by atoms with Crippen molar-refractivity contribution in [3.8, 4) is 5.82 Å². The molecule has 3 aromatic rings. The maximum atomic E-state index is 4.66. The molecular formula is C20H25N5. The van der Waals surface area contributed by atoms with Crippen molar-refractivity contribution < 1.29 is 0 Å². The molecule has 0 saturated carbocycles. The highest BCUT2D eigenvalue weighted by Crippen LogP contribution is 2.16. The van der Waals surface area contributed by atoms with E-state index in [1.807, 2.05) is 24.6 Å². The third-order valence-corrected chi connectivity index (χ3v) is 4.27. The zero-order valence-electron chi connectivity index (χ0n) is 15.5. The Balaban J connectivity index is 1.74. The summed E-state index contributed by atoms with van der Waals surface area (Å²) < 4.78 is 1.82. The lowest BCUT2D eigenvalue weighted by Gasteiger charge is -2.16. The van der Waals surface area contributed by atoms with Gasteiger partial charge in [0.05, 0.1) is 18.1 Å². The van der Waals surface area contributed by atoms with Crippen molar-refractivity contribution in [1.82, 2.24) is 19.7 Å². The van der Waals surface area contributed by atoms with Crippen LogP contribution >= 0.6 is 0 Å². The van der Waals surface area contributed by atoms with Gasteiger partial charge in [-0.25, -0.2) is 9.67 Å². The topological polar surface area (TPSA) is 55.6 Å². The van der Waals surface area contributed by atoms with Crippen LogP contribution in [0, 0.1) is 27.7 Å². The number of aromatic nitrogens is 4. The zero-order valence-corrected chi connectivity index (χ0v) is 15.5. The average molecular weight is 335 g/mol. The predicted molar refractivity (Wildman–Crippen MR) is 101 cm³/mol. The van der Waals surface area contributed by atoms with Crippen LogP contribution in [0.3, 0.4) is 0 Å². The van der Waals surface area contributed by atoms with Crippen molar-refractivity contribution in [2.24, 2.45) is 0 Å². The van der Waals surface area contributed by atoms with Gasteiger partial charge >= 0.3 is 0 Å². The van der Waals surface area contributed by atoms with Crippen LogP contribution in [0.25, 0.3) is 5.82 Å². The van der Waals surface area contributed by atoms with Gasteiger partial charge in [0.25, 0.3) is 0 Å². The van der Waals surface area contributed by atoms with Gasteiger partial charge in [0.1, 0.15) is 5.82 Å². The van der Waals surface area contributed by atoms with Gasteiger partial charge in [-0.1, -0.05) is 23.8 Å². The molecule has 5 heteroatoms. The lowest BCUT2D eigenvalue weighted by Crippen LogP contribution is -2.20. The third kappa shape index (κ3) is 4.05. The number of hydrogen-bond donors (Lipinski definition) is 1. The molecule has 0 fully saturated rings. The van der Waals surface area contributed by atoms with Crippen molar-refractivity contribution in [1.29, 1.82) is 0 Å². The van der Waals surface area contributed by atoms with Crippen LogP contribution in [-0.4, -0.2) is 25.8 Å². The molecule has 2 aromatic heterocycles. The molecule has 0 radical (unpaired) electrons. The average Bonchev–Trinajstić information content (AvgIpc) is 2.89.